The van der Waals surface area contributed by atoms with Crippen LogP contribution in [0, 0.1) is 5.41 Å². The van der Waals surface area contributed by atoms with E-state index in [2.05, 4.69) is 35.0 Å². The van der Waals surface area contributed by atoms with E-state index in [1.165, 1.54) is 16.0 Å². The van der Waals surface area contributed by atoms with Gasteiger partial charge in [0.15, 0.2) is 0 Å². The van der Waals surface area contributed by atoms with E-state index in [-0.39, 0.29) is 17.9 Å². The molecule has 2 amide bonds. The first-order valence-electron chi connectivity index (χ1n) is 10.2. The van der Waals surface area contributed by atoms with E-state index in [1.54, 1.807) is 11.3 Å². The summed E-state index contributed by atoms with van der Waals surface area (Å²) in [7, 11) is 0. The monoisotopic (exact) mass is 398 g/mol. The van der Waals surface area contributed by atoms with Crippen LogP contribution in [-0.2, 0) is 16.0 Å². The maximum atomic E-state index is 13.3. The van der Waals surface area contributed by atoms with Gasteiger partial charge in [-0.1, -0.05) is 37.3 Å². The fourth-order valence-corrected chi connectivity index (χ4v) is 4.78. The number of hydrogen-bond acceptors (Lipinski definition) is 3. The van der Waals surface area contributed by atoms with E-state index in [0.29, 0.717) is 32.4 Å². The van der Waals surface area contributed by atoms with Crippen LogP contribution in [0.5, 0.6) is 0 Å². The van der Waals surface area contributed by atoms with Crippen molar-refractivity contribution in [3.8, 4) is 10.4 Å². The zero-order valence-electron chi connectivity index (χ0n) is 17.0. The van der Waals surface area contributed by atoms with Gasteiger partial charge in [0.25, 0.3) is 0 Å². The van der Waals surface area contributed by atoms with E-state index in [9.17, 15) is 9.59 Å². The number of rotatable bonds is 7. The Morgan fingerprint density at radius 1 is 1.21 bits per heavy atom. The first-order valence-corrected chi connectivity index (χ1v) is 11.0. The highest BCUT2D eigenvalue weighted by Gasteiger charge is 2.46. The van der Waals surface area contributed by atoms with Crippen molar-refractivity contribution in [2.24, 2.45) is 5.41 Å². The summed E-state index contributed by atoms with van der Waals surface area (Å²) in [6.45, 7) is 7.15. The molecule has 2 heterocycles. The third kappa shape index (κ3) is 4.46. The lowest BCUT2D eigenvalue weighted by Crippen LogP contribution is -2.47. The van der Waals surface area contributed by atoms with Gasteiger partial charge in [-0.3, -0.25) is 9.59 Å². The highest BCUT2D eigenvalue weighted by molar-refractivity contribution is 7.13. The maximum absolute atomic E-state index is 13.3. The van der Waals surface area contributed by atoms with Crippen LogP contribution < -0.4 is 5.32 Å². The number of carbonyl (C=O) groups is 2. The smallest absolute Gasteiger partial charge is 0.228 e. The number of carbonyl (C=O) groups excluding carboxylic acids is 2. The molecule has 0 bridgehead atoms. The van der Waals surface area contributed by atoms with Crippen LogP contribution in [0.15, 0.2) is 41.8 Å². The zero-order valence-corrected chi connectivity index (χ0v) is 17.8. The molecular weight excluding hydrogens is 368 g/mol. The van der Waals surface area contributed by atoms with Gasteiger partial charge in [0.05, 0.1) is 5.41 Å². The van der Waals surface area contributed by atoms with Crippen molar-refractivity contribution in [1.82, 2.24) is 10.2 Å². The Hall–Kier alpha value is -2.14. The van der Waals surface area contributed by atoms with E-state index >= 15 is 0 Å². The molecule has 1 aliphatic rings. The van der Waals surface area contributed by atoms with Crippen LogP contribution in [0.3, 0.4) is 0 Å². The molecule has 1 aromatic heterocycles. The Bertz CT molecular complexity index is 816. The summed E-state index contributed by atoms with van der Waals surface area (Å²) in [4.78, 5) is 28.8. The van der Waals surface area contributed by atoms with Gasteiger partial charge in [-0.15, -0.1) is 11.3 Å². The lowest BCUT2D eigenvalue weighted by Gasteiger charge is -2.30. The number of nitrogens with zero attached hydrogens (tertiary/aromatic N) is 1. The van der Waals surface area contributed by atoms with Crippen molar-refractivity contribution in [2.45, 2.75) is 52.5 Å². The van der Waals surface area contributed by atoms with Crippen molar-refractivity contribution >= 4 is 23.2 Å². The predicted octanol–water partition coefficient (Wildman–Crippen LogP) is 4.50. The summed E-state index contributed by atoms with van der Waals surface area (Å²) in [5.41, 5.74) is 1.79. The number of likely N-dealkylation sites (tertiary alicyclic amines) is 1. The highest BCUT2D eigenvalue weighted by atomic mass is 32.1. The van der Waals surface area contributed by atoms with Gasteiger partial charge in [0.2, 0.25) is 11.8 Å². The van der Waals surface area contributed by atoms with Gasteiger partial charge in [0, 0.05) is 30.4 Å². The van der Waals surface area contributed by atoms with Gasteiger partial charge in [-0.05, 0) is 55.7 Å². The Labute approximate surface area is 172 Å². The molecule has 0 aliphatic carbocycles. The van der Waals surface area contributed by atoms with Crippen LogP contribution in [0.4, 0.5) is 0 Å². The second-order valence-electron chi connectivity index (χ2n) is 8.04. The van der Waals surface area contributed by atoms with Crippen LogP contribution in [-0.4, -0.2) is 35.8 Å². The number of amides is 2. The van der Waals surface area contributed by atoms with Crippen molar-refractivity contribution in [1.29, 1.82) is 0 Å². The third-order valence-electron chi connectivity index (χ3n) is 5.40. The van der Waals surface area contributed by atoms with Crippen LogP contribution in [0.2, 0.25) is 0 Å². The average Bonchev–Trinajstić information content (AvgIpc) is 3.33. The molecule has 1 aromatic carbocycles. The number of nitrogens with one attached hydrogen (secondary N) is 1. The summed E-state index contributed by atoms with van der Waals surface area (Å²) >= 11 is 1.71. The molecule has 1 fully saturated rings. The van der Waals surface area contributed by atoms with Gasteiger partial charge in [-0.25, -0.2) is 0 Å². The standard InChI is InChI=1S/C23H30N2O2S/c1-4-8-21(26)25-13-12-23(16-25,22(27)24-17(2)3)15-18-9-5-6-10-19(18)20-11-7-14-28-20/h5-7,9-11,14,17H,4,8,12-13,15-16H2,1-3H3,(H,24,27)/t23-/m1/s1. The number of hydrogen-bond donors (Lipinski definition) is 1. The quantitative estimate of drug-likeness (QED) is 0.746. The minimum atomic E-state index is -0.568. The lowest BCUT2D eigenvalue weighted by molar-refractivity contribution is -0.133. The molecule has 0 spiro atoms. The second-order valence-corrected chi connectivity index (χ2v) is 8.98. The average molecular weight is 399 g/mol. The number of thiophene rings is 1. The summed E-state index contributed by atoms with van der Waals surface area (Å²) in [5, 5.41) is 5.19. The highest BCUT2D eigenvalue weighted by Crippen LogP contribution is 2.38. The first-order chi connectivity index (χ1) is 13.4. The van der Waals surface area contributed by atoms with Crippen LogP contribution in [0.1, 0.15) is 45.6 Å². The van der Waals surface area contributed by atoms with E-state index < -0.39 is 5.41 Å². The molecule has 5 heteroatoms. The fourth-order valence-electron chi connectivity index (χ4n) is 3.99. The van der Waals surface area contributed by atoms with Crippen molar-refractivity contribution in [2.75, 3.05) is 13.1 Å². The largest absolute Gasteiger partial charge is 0.353 e. The summed E-state index contributed by atoms with van der Waals surface area (Å²) in [6, 6.07) is 12.6. The van der Waals surface area contributed by atoms with Crippen molar-refractivity contribution in [3.05, 3.63) is 47.3 Å². The molecule has 0 unspecified atom stereocenters. The Balaban J connectivity index is 1.92. The minimum absolute atomic E-state index is 0.0651. The molecule has 150 valence electrons. The van der Waals surface area contributed by atoms with Gasteiger partial charge in [0.1, 0.15) is 0 Å². The molecule has 3 rings (SSSR count). The van der Waals surface area contributed by atoms with Crippen LogP contribution >= 0.6 is 11.3 Å². The SMILES string of the molecule is CCCC(=O)N1CC[C@](Cc2ccccc2-c2cccs2)(C(=O)NC(C)C)C1. The summed E-state index contributed by atoms with van der Waals surface area (Å²) in [5.74, 6) is 0.226. The molecule has 0 radical (unpaired) electrons. The molecule has 1 atom stereocenters. The third-order valence-corrected chi connectivity index (χ3v) is 6.31. The van der Waals surface area contributed by atoms with Gasteiger partial charge < -0.3 is 10.2 Å². The molecule has 28 heavy (non-hydrogen) atoms. The Morgan fingerprint density at radius 3 is 2.68 bits per heavy atom. The van der Waals surface area contributed by atoms with E-state index in [4.69, 9.17) is 0 Å². The molecule has 1 saturated heterocycles. The summed E-state index contributed by atoms with van der Waals surface area (Å²) in [6.07, 6.45) is 2.74. The Morgan fingerprint density at radius 2 is 2.00 bits per heavy atom. The van der Waals surface area contributed by atoms with E-state index in [0.717, 1.165) is 6.42 Å². The number of benzene rings is 1. The molecule has 1 aliphatic heterocycles. The lowest BCUT2D eigenvalue weighted by atomic mass is 9.78. The van der Waals surface area contributed by atoms with Crippen molar-refractivity contribution < 1.29 is 9.59 Å². The molecular formula is C23H30N2O2S. The Kier molecular flexibility index (Phi) is 6.55. The van der Waals surface area contributed by atoms with Crippen LogP contribution in [0.25, 0.3) is 10.4 Å². The molecule has 2 aromatic rings. The molecule has 1 N–H and O–H groups in total. The molecule has 4 nitrogen and oxygen atoms in total. The molecule has 0 saturated carbocycles. The van der Waals surface area contributed by atoms with Gasteiger partial charge >= 0.3 is 0 Å². The summed E-state index contributed by atoms with van der Waals surface area (Å²) < 4.78 is 0. The van der Waals surface area contributed by atoms with Gasteiger partial charge in [-0.2, -0.15) is 0 Å². The topological polar surface area (TPSA) is 49.4 Å². The van der Waals surface area contributed by atoms with Crippen molar-refractivity contribution in [3.63, 3.8) is 0 Å². The maximum Gasteiger partial charge on any atom is 0.228 e. The zero-order chi connectivity index (χ0) is 20.1. The predicted molar refractivity (Wildman–Crippen MR) is 115 cm³/mol. The normalized spacial score (nSPS) is 19.2. The first kappa shape index (κ1) is 20.6. The minimum Gasteiger partial charge on any atom is -0.353 e. The second kappa shape index (κ2) is 8.91. The fraction of sp³-hybridized carbons (Fsp3) is 0.478. The van der Waals surface area contributed by atoms with E-state index in [1.807, 2.05) is 37.8 Å².